The summed E-state index contributed by atoms with van der Waals surface area (Å²) in [6.07, 6.45) is -2.72. The first-order chi connectivity index (χ1) is 5.95. The topological polar surface area (TPSA) is 0 Å². The lowest BCUT2D eigenvalue weighted by Crippen LogP contribution is -2.05. The standard InChI is InChI=1S/C10H9F3/c1-3-8-4-5-9(6-7(8)2)10(11,12)13/h3-6H,1H2,2H3. The van der Waals surface area contributed by atoms with Gasteiger partial charge in [0.15, 0.2) is 0 Å². The van der Waals surface area contributed by atoms with Crippen molar-refractivity contribution in [2.45, 2.75) is 13.1 Å². The van der Waals surface area contributed by atoms with Crippen LogP contribution in [0.4, 0.5) is 13.2 Å². The van der Waals surface area contributed by atoms with E-state index in [2.05, 4.69) is 6.58 Å². The van der Waals surface area contributed by atoms with E-state index in [-0.39, 0.29) is 0 Å². The lowest BCUT2D eigenvalue weighted by atomic mass is 10.1. The fraction of sp³-hybridized carbons (Fsp3) is 0.200. The number of halogens is 3. The van der Waals surface area contributed by atoms with Crippen LogP contribution in [-0.2, 0) is 6.18 Å². The summed E-state index contributed by atoms with van der Waals surface area (Å²) in [7, 11) is 0. The van der Waals surface area contributed by atoms with Gasteiger partial charge < -0.3 is 0 Å². The van der Waals surface area contributed by atoms with Gasteiger partial charge in [0.1, 0.15) is 0 Å². The average Bonchev–Trinajstić information content (AvgIpc) is 2.02. The zero-order chi connectivity index (χ0) is 10.1. The maximum atomic E-state index is 12.2. The van der Waals surface area contributed by atoms with Crippen LogP contribution in [0.25, 0.3) is 6.08 Å². The van der Waals surface area contributed by atoms with Crippen molar-refractivity contribution in [3.63, 3.8) is 0 Å². The molecule has 0 heterocycles. The molecule has 0 unspecified atom stereocenters. The third-order valence-corrected chi connectivity index (χ3v) is 1.82. The van der Waals surface area contributed by atoms with Crippen LogP contribution in [0.2, 0.25) is 0 Å². The minimum atomic E-state index is -4.26. The third kappa shape index (κ3) is 2.11. The second kappa shape index (κ2) is 3.24. The minimum absolute atomic E-state index is 0.588. The van der Waals surface area contributed by atoms with E-state index < -0.39 is 11.7 Å². The highest BCUT2D eigenvalue weighted by Gasteiger charge is 2.30. The van der Waals surface area contributed by atoms with Crippen molar-refractivity contribution >= 4 is 6.08 Å². The molecule has 0 amide bonds. The Hall–Kier alpha value is -1.25. The van der Waals surface area contributed by atoms with E-state index in [4.69, 9.17) is 0 Å². The van der Waals surface area contributed by atoms with E-state index in [0.717, 1.165) is 17.7 Å². The van der Waals surface area contributed by atoms with Gasteiger partial charge in [0.2, 0.25) is 0 Å². The van der Waals surface area contributed by atoms with Gasteiger partial charge in [0, 0.05) is 0 Å². The highest BCUT2D eigenvalue weighted by Crippen LogP contribution is 2.30. The number of hydrogen-bond acceptors (Lipinski definition) is 0. The van der Waals surface area contributed by atoms with Crippen LogP contribution in [0.5, 0.6) is 0 Å². The normalized spacial score (nSPS) is 11.4. The molecule has 0 N–H and O–H groups in total. The van der Waals surface area contributed by atoms with Gasteiger partial charge in [-0.05, 0) is 30.2 Å². The van der Waals surface area contributed by atoms with Crippen molar-refractivity contribution < 1.29 is 13.2 Å². The zero-order valence-corrected chi connectivity index (χ0v) is 7.15. The number of aryl methyl sites for hydroxylation is 1. The van der Waals surface area contributed by atoms with Crippen LogP contribution >= 0.6 is 0 Å². The smallest absolute Gasteiger partial charge is 0.166 e. The third-order valence-electron chi connectivity index (χ3n) is 1.82. The maximum absolute atomic E-state index is 12.2. The van der Waals surface area contributed by atoms with E-state index in [9.17, 15) is 13.2 Å². The van der Waals surface area contributed by atoms with Crippen molar-refractivity contribution in [2.75, 3.05) is 0 Å². The van der Waals surface area contributed by atoms with Gasteiger partial charge in [-0.1, -0.05) is 18.7 Å². The molecule has 0 aliphatic rings. The molecule has 0 aliphatic heterocycles. The summed E-state index contributed by atoms with van der Waals surface area (Å²) in [6, 6.07) is 3.60. The molecule has 0 fully saturated rings. The molecule has 70 valence electrons. The number of benzene rings is 1. The molecule has 1 rings (SSSR count). The Bertz CT molecular complexity index is 323. The molecule has 0 bridgehead atoms. The van der Waals surface area contributed by atoms with Crippen molar-refractivity contribution in [2.24, 2.45) is 0 Å². The number of alkyl halides is 3. The number of rotatable bonds is 1. The summed E-state index contributed by atoms with van der Waals surface area (Å²) in [5.41, 5.74) is 0.702. The first-order valence-corrected chi connectivity index (χ1v) is 3.75. The van der Waals surface area contributed by atoms with Gasteiger partial charge >= 0.3 is 6.18 Å². The van der Waals surface area contributed by atoms with E-state index in [0.29, 0.717) is 5.56 Å². The lowest BCUT2D eigenvalue weighted by molar-refractivity contribution is -0.137. The second-order valence-electron chi connectivity index (χ2n) is 2.77. The van der Waals surface area contributed by atoms with Gasteiger partial charge in [-0.15, -0.1) is 0 Å². The predicted molar refractivity (Wildman–Crippen MR) is 46.3 cm³/mol. The Morgan fingerprint density at radius 2 is 1.92 bits per heavy atom. The summed E-state index contributed by atoms with van der Waals surface area (Å²) >= 11 is 0. The Morgan fingerprint density at radius 3 is 2.31 bits per heavy atom. The molecule has 0 saturated carbocycles. The molecular formula is C10H9F3. The lowest BCUT2D eigenvalue weighted by Gasteiger charge is -2.08. The zero-order valence-electron chi connectivity index (χ0n) is 7.15. The summed E-state index contributed by atoms with van der Waals surface area (Å²) in [6.45, 7) is 5.13. The van der Waals surface area contributed by atoms with Gasteiger partial charge in [-0.25, -0.2) is 0 Å². The van der Waals surface area contributed by atoms with Crippen LogP contribution in [0.15, 0.2) is 24.8 Å². The van der Waals surface area contributed by atoms with E-state index in [1.165, 1.54) is 12.1 Å². The molecule has 0 aromatic heterocycles. The van der Waals surface area contributed by atoms with Crippen LogP contribution in [0, 0.1) is 6.92 Å². The monoisotopic (exact) mass is 186 g/mol. The van der Waals surface area contributed by atoms with E-state index >= 15 is 0 Å². The maximum Gasteiger partial charge on any atom is 0.416 e. The quantitative estimate of drug-likeness (QED) is 0.627. The highest BCUT2D eigenvalue weighted by atomic mass is 19.4. The molecule has 0 aliphatic carbocycles. The molecule has 3 heteroatoms. The van der Waals surface area contributed by atoms with Crippen molar-refractivity contribution in [1.29, 1.82) is 0 Å². The van der Waals surface area contributed by atoms with Crippen molar-refractivity contribution in [1.82, 2.24) is 0 Å². The first kappa shape index (κ1) is 9.84. The molecule has 0 saturated heterocycles. The molecule has 1 aromatic rings. The second-order valence-corrected chi connectivity index (χ2v) is 2.77. The Balaban J connectivity index is 3.17. The molecule has 1 aromatic carbocycles. The number of hydrogen-bond donors (Lipinski definition) is 0. The molecular weight excluding hydrogens is 177 g/mol. The molecule has 0 atom stereocenters. The van der Waals surface area contributed by atoms with Crippen LogP contribution in [0.3, 0.4) is 0 Å². The van der Waals surface area contributed by atoms with E-state index in [1.54, 1.807) is 6.92 Å². The Labute approximate surface area is 74.7 Å². The van der Waals surface area contributed by atoms with Crippen molar-refractivity contribution in [3.05, 3.63) is 41.5 Å². The average molecular weight is 186 g/mol. The Kier molecular flexibility index (Phi) is 2.45. The molecule has 13 heavy (non-hydrogen) atoms. The first-order valence-electron chi connectivity index (χ1n) is 3.75. The summed E-state index contributed by atoms with van der Waals surface area (Å²) in [4.78, 5) is 0. The SMILES string of the molecule is C=Cc1ccc(C(F)(F)F)cc1C. The largest absolute Gasteiger partial charge is 0.416 e. The van der Waals surface area contributed by atoms with Crippen molar-refractivity contribution in [3.8, 4) is 0 Å². The fourth-order valence-electron chi connectivity index (χ4n) is 1.08. The van der Waals surface area contributed by atoms with Gasteiger partial charge in [-0.3, -0.25) is 0 Å². The van der Waals surface area contributed by atoms with Gasteiger partial charge in [0.25, 0.3) is 0 Å². The highest BCUT2D eigenvalue weighted by molar-refractivity contribution is 5.52. The molecule has 0 radical (unpaired) electrons. The van der Waals surface area contributed by atoms with Crippen LogP contribution in [0.1, 0.15) is 16.7 Å². The summed E-state index contributed by atoms with van der Waals surface area (Å²) in [5.74, 6) is 0. The van der Waals surface area contributed by atoms with Gasteiger partial charge in [0.05, 0.1) is 5.56 Å². The molecule has 0 spiro atoms. The predicted octanol–water partition coefficient (Wildman–Crippen LogP) is 3.66. The Morgan fingerprint density at radius 1 is 1.31 bits per heavy atom. The summed E-state index contributed by atoms with van der Waals surface area (Å²) < 4.78 is 36.5. The summed E-state index contributed by atoms with van der Waals surface area (Å²) in [5, 5.41) is 0. The van der Waals surface area contributed by atoms with Crippen LogP contribution < -0.4 is 0 Å². The van der Waals surface area contributed by atoms with E-state index in [1.807, 2.05) is 0 Å². The fourth-order valence-corrected chi connectivity index (χ4v) is 1.08. The van der Waals surface area contributed by atoms with Crippen LogP contribution in [-0.4, -0.2) is 0 Å². The van der Waals surface area contributed by atoms with Gasteiger partial charge in [-0.2, -0.15) is 13.2 Å². The molecule has 0 nitrogen and oxygen atoms in total. The minimum Gasteiger partial charge on any atom is -0.166 e.